The topological polar surface area (TPSA) is 40.5 Å². The molecule has 0 aliphatic rings. The summed E-state index contributed by atoms with van der Waals surface area (Å²) in [6.45, 7) is 3.86. The molecule has 0 aliphatic carbocycles. The van der Waals surface area contributed by atoms with Crippen LogP contribution in [0.25, 0.3) is 0 Å². The van der Waals surface area contributed by atoms with Gasteiger partial charge >= 0.3 is 0 Å². The zero-order valence-corrected chi connectivity index (χ0v) is 8.40. The van der Waals surface area contributed by atoms with Crippen LogP contribution in [0.3, 0.4) is 0 Å². The molecule has 0 bridgehead atoms. The molecule has 0 fully saturated rings. The quantitative estimate of drug-likeness (QED) is 0.608. The summed E-state index contributed by atoms with van der Waals surface area (Å²) < 4.78 is 0. The van der Waals surface area contributed by atoms with E-state index in [0.29, 0.717) is 0 Å². The number of hydrogen-bond acceptors (Lipinski definition) is 2. The number of rotatable bonds is 0. The van der Waals surface area contributed by atoms with Crippen molar-refractivity contribution in [3.8, 4) is 0 Å². The first-order valence-electron chi connectivity index (χ1n) is 2.05. The van der Waals surface area contributed by atoms with E-state index in [1.807, 2.05) is 0 Å². The van der Waals surface area contributed by atoms with E-state index < -0.39 is 0 Å². The predicted molar refractivity (Wildman–Crippen MR) is 25.5 cm³/mol. The van der Waals surface area contributed by atoms with Crippen LogP contribution in [0.4, 0.5) is 0 Å². The molecule has 0 aliphatic heterocycles. The second-order valence-corrected chi connectivity index (χ2v) is 0.632. The Kier molecular flexibility index (Phi) is 65.4. The second-order valence-electron chi connectivity index (χ2n) is 0.632. The molecule has 3 heteroatoms. The second kappa shape index (κ2) is 29.2. The minimum absolute atomic E-state index is 0. The molecule has 0 aromatic carbocycles. The van der Waals surface area contributed by atoms with Crippen molar-refractivity contribution in [2.24, 2.45) is 0 Å². The summed E-state index contributed by atoms with van der Waals surface area (Å²) in [7, 11) is 0. The van der Waals surface area contributed by atoms with Gasteiger partial charge in [0, 0.05) is 39.1 Å². The summed E-state index contributed by atoms with van der Waals surface area (Å²) in [4.78, 5) is 0. The Balaban J connectivity index is -0.0000000400. The molecule has 0 radical (unpaired) electrons. The largest absolute Gasteiger partial charge is 0.397 e. The van der Waals surface area contributed by atoms with E-state index in [1.54, 1.807) is 13.8 Å². The number of aliphatic hydroxyl groups is 2. The van der Waals surface area contributed by atoms with Gasteiger partial charge in [-0.1, -0.05) is 0 Å². The molecule has 0 spiro atoms. The molecule has 0 heterocycles. The third-order valence-electron chi connectivity index (χ3n) is 0. The molecule has 0 aromatic heterocycles. The van der Waals surface area contributed by atoms with Gasteiger partial charge in [0.2, 0.25) is 0 Å². The van der Waals surface area contributed by atoms with Crippen molar-refractivity contribution < 1.29 is 36.1 Å². The Morgan fingerprint density at radius 2 is 1.00 bits per heavy atom. The van der Waals surface area contributed by atoms with Gasteiger partial charge in [-0.2, -0.15) is 0 Å². The van der Waals surface area contributed by atoms with Crippen molar-refractivity contribution in [1.82, 2.24) is 0 Å². The van der Waals surface area contributed by atoms with E-state index in [4.69, 9.17) is 10.2 Å². The van der Waals surface area contributed by atoms with E-state index in [9.17, 15) is 0 Å². The zero-order chi connectivity index (χ0) is 5.41. The molecule has 0 aromatic rings. The molecule has 0 rings (SSSR count). The van der Waals surface area contributed by atoms with Crippen molar-refractivity contribution in [2.45, 2.75) is 13.8 Å². The Labute approximate surface area is 63.3 Å². The summed E-state index contributed by atoms with van der Waals surface area (Å²) in [5, 5.41) is 15.1. The van der Waals surface area contributed by atoms with E-state index >= 15 is 0 Å². The third-order valence-corrected chi connectivity index (χ3v) is 0. The van der Waals surface area contributed by atoms with Crippen LogP contribution in [0.1, 0.15) is 13.8 Å². The first-order valence-corrected chi connectivity index (χ1v) is 2.05. The van der Waals surface area contributed by atoms with Crippen molar-refractivity contribution in [3.63, 3.8) is 0 Å². The van der Waals surface area contributed by atoms with E-state index in [0.717, 1.165) is 0 Å². The van der Waals surface area contributed by atoms with Gasteiger partial charge in [0.1, 0.15) is 0 Å². The predicted octanol–water partition coefficient (Wildman–Crippen LogP) is -0.00530. The Morgan fingerprint density at radius 1 is 1.00 bits per heavy atom. The molecule has 0 amide bonds. The SMILES string of the molecule is CCO.CCO.[Hf]. The van der Waals surface area contributed by atoms with Crippen LogP contribution in [-0.4, -0.2) is 23.4 Å². The molecule has 44 valence electrons. The molecular formula is C4H12HfO2. The van der Waals surface area contributed by atoms with Gasteiger partial charge in [-0.25, -0.2) is 0 Å². The monoisotopic (exact) mass is 272 g/mol. The minimum atomic E-state index is 0. The van der Waals surface area contributed by atoms with Crippen LogP contribution >= 0.6 is 0 Å². The molecule has 0 atom stereocenters. The Bertz CT molecular complexity index is 11.7. The number of aliphatic hydroxyl groups excluding tert-OH is 2. The smallest absolute Gasteiger partial charge is 0.0402 e. The third kappa shape index (κ3) is 250. The number of hydrogen-bond donors (Lipinski definition) is 2. The van der Waals surface area contributed by atoms with Crippen LogP contribution in [-0.2, 0) is 25.8 Å². The summed E-state index contributed by atoms with van der Waals surface area (Å²) in [6.07, 6.45) is 0. The summed E-state index contributed by atoms with van der Waals surface area (Å²) in [5.41, 5.74) is 0. The van der Waals surface area contributed by atoms with Gasteiger partial charge in [0.05, 0.1) is 0 Å². The van der Waals surface area contributed by atoms with Gasteiger partial charge in [0.25, 0.3) is 0 Å². The zero-order valence-electron chi connectivity index (χ0n) is 4.81. The summed E-state index contributed by atoms with van der Waals surface area (Å²) in [5.74, 6) is 0. The molecule has 0 saturated heterocycles. The van der Waals surface area contributed by atoms with Crippen molar-refractivity contribution in [3.05, 3.63) is 0 Å². The van der Waals surface area contributed by atoms with Crippen LogP contribution in [0.5, 0.6) is 0 Å². The van der Waals surface area contributed by atoms with Gasteiger partial charge in [0.15, 0.2) is 0 Å². The fourth-order valence-electron chi connectivity index (χ4n) is 0. The van der Waals surface area contributed by atoms with Gasteiger partial charge in [-0.3, -0.25) is 0 Å². The molecule has 2 nitrogen and oxygen atoms in total. The van der Waals surface area contributed by atoms with Crippen molar-refractivity contribution in [2.75, 3.05) is 13.2 Å². The Hall–Kier alpha value is 0.790. The molecular weight excluding hydrogens is 259 g/mol. The van der Waals surface area contributed by atoms with Gasteiger partial charge < -0.3 is 10.2 Å². The summed E-state index contributed by atoms with van der Waals surface area (Å²) >= 11 is 0. The first kappa shape index (κ1) is 15.7. The molecule has 2 N–H and O–H groups in total. The van der Waals surface area contributed by atoms with Gasteiger partial charge in [-0.05, 0) is 13.8 Å². The average Bonchev–Trinajstić information content (AvgIpc) is 1.39. The van der Waals surface area contributed by atoms with E-state index in [2.05, 4.69) is 0 Å². The summed E-state index contributed by atoms with van der Waals surface area (Å²) in [6, 6.07) is 0. The van der Waals surface area contributed by atoms with E-state index in [1.165, 1.54) is 0 Å². The standard InChI is InChI=1S/2C2H6O.Hf/c2*1-2-3;/h2*3H,2H2,1H3;. The maximum atomic E-state index is 7.57. The molecule has 0 unspecified atom stereocenters. The van der Waals surface area contributed by atoms with E-state index in [-0.39, 0.29) is 39.1 Å². The van der Waals surface area contributed by atoms with Crippen LogP contribution in [0, 0.1) is 0 Å². The average molecular weight is 271 g/mol. The normalized spacial score (nSPS) is 5.14. The van der Waals surface area contributed by atoms with Crippen LogP contribution in [0.2, 0.25) is 0 Å². The van der Waals surface area contributed by atoms with Crippen LogP contribution in [0.15, 0.2) is 0 Å². The van der Waals surface area contributed by atoms with Crippen molar-refractivity contribution in [1.29, 1.82) is 0 Å². The maximum Gasteiger partial charge on any atom is 0.0402 e. The maximum absolute atomic E-state index is 7.57. The first-order chi connectivity index (χ1) is 2.83. The Morgan fingerprint density at radius 3 is 1.00 bits per heavy atom. The molecule has 7 heavy (non-hydrogen) atoms. The van der Waals surface area contributed by atoms with Gasteiger partial charge in [-0.15, -0.1) is 0 Å². The minimum Gasteiger partial charge on any atom is -0.397 e. The molecule has 0 saturated carbocycles. The fourth-order valence-corrected chi connectivity index (χ4v) is 0. The fraction of sp³-hybridized carbons (Fsp3) is 1.00. The van der Waals surface area contributed by atoms with Crippen molar-refractivity contribution >= 4 is 0 Å². The van der Waals surface area contributed by atoms with Crippen LogP contribution < -0.4 is 0 Å².